The SMILES string of the molecule is [CH2]CCn1nc(-c2ccc(Oc3c(F)c(F)cc(F)c3F)cc2F)c2c(N)ncnc21. The summed E-state index contributed by atoms with van der Waals surface area (Å²) in [5.74, 6) is -9.32. The van der Waals surface area contributed by atoms with Crippen molar-refractivity contribution >= 4 is 16.9 Å². The fourth-order valence-corrected chi connectivity index (χ4v) is 3.03. The maximum Gasteiger partial charge on any atom is 0.204 e. The molecule has 0 bridgehead atoms. The summed E-state index contributed by atoms with van der Waals surface area (Å²) in [5, 5.41) is 4.64. The van der Waals surface area contributed by atoms with Gasteiger partial charge in [-0.3, -0.25) is 0 Å². The van der Waals surface area contributed by atoms with E-state index in [4.69, 9.17) is 10.5 Å². The van der Waals surface area contributed by atoms with Gasteiger partial charge in [0.15, 0.2) is 17.3 Å². The van der Waals surface area contributed by atoms with Crippen LogP contribution in [0.1, 0.15) is 6.42 Å². The van der Waals surface area contributed by atoms with Gasteiger partial charge in [-0.1, -0.05) is 6.92 Å². The largest absolute Gasteiger partial charge is 0.451 e. The lowest BCUT2D eigenvalue weighted by atomic mass is 10.1. The van der Waals surface area contributed by atoms with Crippen LogP contribution < -0.4 is 10.5 Å². The van der Waals surface area contributed by atoms with Gasteiger partial charge in [-0.15, -0.1) is 0 Å². The molecule has 159 valence electrons. The molecule has 0 aliphatic rings. The van der Waals surface area contributed by atoms with Gasteiger partial charge in [0.2, 0.25) is 17.4 Å². The molecule has 2 N–H and O–H groups in total. The van der Waals surface area contributed by atoms with Crippen LogP contribution in [0.5, 0.6) is 11.5 Å². The number of fused-ring (bicyclic) bond motifs is 1. The van der Waals surface area contributed by atoms with Crippen LogP contribution in [0, 0.1) is 36.0 Å². The van der Waals surface area contributed by atoms with E-state index in [2.05, 4.69) is 22.0 Å². The molecule has 2 aromatic carbocycles. The number of aromatic nitrogens is 4. The molecule has 0 spiro atoms. The number of nitrogens with two attached hydrogens (primary N) is 1. The molecule has 2 heterocycles. The Morgan fingerprint density at radius 2 is 1.68 bits per heavy atom. The maximum absolute atomic E-state index is 14.9. The predicted molar refractivity (Wildman–Crippen MR) is 101 cm³/mol. The maximum atomic E-state index is 14.9. The number of anilines is 1. The highest BCUT2D eigenvalue weighted by Gasteiger charge is 2.23. The van der Waals surface area contributed by atoms with Gasteiger partial charge in [-0.25, -0.2) is 27.8 Å². The van der Waals surface area contributed by atoms with Crippen LogP contribution in [-0.4, -0.2) is 19.7 Å². The summed E-state index contributed by atoms with van der Waals surface area (Å²) in [4.78, 5) is 8.03. The lowest BCUT2D eigenvalue weighted by Gasteiger charge is -2.10. The van der Waals surface area contributed by atoms with E-state index >= 15 is 0 Å². The van der Waals surface area contributed by atoms with Gasteiger partial charge in [0.25, 0.3) is 0 Å². The first kappa shape index (κ1) is 20.5. The molecule has 0 atom stereocenters. The highest BCUT2D eigenvalue weighted by atomic mass is 19.2. The zero-order chi connectivity index (χ0) is 22.3. The third kappa shape index (κ3) is 3.51. The van der Waals surface area contributed by atoms with Crippen molar-refractivity contribution < 1.29 is 26.7 Å². The van der Waals surface area contributed by atoms with Crippen molar-refractivity contribution in [2.45, 2.75) is 13.0 Å². The molecule has 11 heteroatoms. The highest BCUT2D eigenvalue weighted by Crippen LogP contribution is 2.35. The Morgan fingerprint density at radius 3 is 2.32 bits per heavy atom. The summed E-state index contributed by atoms with van der Waals surface area (Å²) in [7, 11) is 0. The topological polar surface area (TPSA) is 78.9 Å². The van der Waals surface area contributed by atoms with Crippen LogP contribution in [0.25, 0.3) is 22.3 Å². The number of ether oxygens (including phenoxy) is 1. The normalized spacial score (nSPS) is 11.3. The zero-order valence-corrected chi connectivity index (χ0v) is 15.7. The van der Waals surface area contributed by atoms with Crippen LogP contribution in [0.3, 0.4) is 0 Å². The fourth-order valence-electron chi connectivity index (χ4n) is 3.03. The molecule has 6 nitrogen and oxygen atoms in total. The minimum atomic E-state index is -1.74. The highest BCUT2D eigenvalue weighted by molar-refractivity contribution is 5.98. The zero-order valence-electron chi connectivity index (χ0n) is 15.7. The molecule has 0 fully saturated rings. The van der Waals surface area contributed by atoms with Crippen molar-refractivity contribution in [2.24, 2.45) is 0 Å². The van der Waals surface area contributed by atoms with Gasteiger partial charge in [0, 0.05) is 24.2 Å². The summed E-state index contributed by atoms with van der Waals surface area (Å²) in [6.45, 7) is 4.14. The second kappa shape index (κ2) is 7.82. The second-order valence-corrected chi connectivity index (χ2v) is 6.42. The number of nitrogen functional groups attached to an aromatic ring is 1. The molecule has 4 aromatic rings. The van der Waals surface area contributed by atoms with Crippen molar-refractivity contribution in [3.63, 3.8) is 0 Å². The van der Waals surface area contributed by atoms with Crippen LogP contribution in [0.2, 0.25) is 0 Å². The molecule has 31 heavy (non-hydrogen) atoms. The van der Waals surface area contributed by atoms with Crippen LogP contribution in [0.15, 0.2) is 30.6 Å². The lowest BCUT2D eigenvalue weighted by molar-refractivity contribution is 0.365. The molecule has 0 unspecified atom stereocenters. The van der Waals surface area contributed by atoms with Crippen molar-refractivity contribution in [3.8, 4) is 22.8 Å². The molecule has 0 aliphatic carbocycles. The minimum absolute atomic E-state index is 0.0203. The number of rotatable bonds is 5. The standard InChI is InChI=1S/C20H13F5N5O/c1-2-5-30-20-14(19(26)27-8-28-20)17(29-30)10-4-3-9(6-11(10)21)31-18-15(24)12(22)7-13(23)16(18)25/h3-4,6-8H,1-2,5H2,(H2,26,27,28). The third-order valence-corrected chi connectivity index (χ3v) is 4.42. The number of halogens is 5. The van der Waals surface area contributed by atoms with Gasteiger partial charge < -0.3 is 10.5 Å². The number of hydrogen-bond acceptors (Lipinski definition) is 5. The van der Waals surface area contributed by atoms with Gasteiger partial charge in [0.05, 0.1) is 5.39 Å². The monoisotopic (exact) mass is 434 g/mol. The second-order valence-electron chi connectivity index (χ2n) is 6.42. The van der Waals surface area contributed by atoms with E-state index in [-0.39, 0.29) is 23.1 Å². The van der Waals surface area contributed by atoms with Gasteiger partial charge in [0.1, 0.15) is 29.4 Å². The van der Waals surface area contributed by atoms with E-state index in [0.29, 0.717) is 24.0 Å². The Balaban J connectivity index is 1.78. The van der Waals surface area contributed by atoms with E-state index < -0.39 is 40.6 Å². The van der Waals surface area contributed by atoms with Gasteiger partial charge >= 0.3 is 0 Å². The summed E-state index contributed by atoms with van der Waals surface area (Å²) in [5.41, 5.74) is 6.42. The summed E-state index contributed by atoms with van der Waals surface area (Å²) in [6, 6.07) is 3.22. The molecule has 4 rings (SSSR count). The number of hydrogen-bond donors (Lipinski definition) is 1. The van der Waals surface area contributed by atoms with Crippen molar-refractivity contribution in [3.05, 3.63) is 66.6 Å². The van der Waals surface area contributed by atoms with Gasteiger partial charge in [-0.05, 0) is 18.6 Å². The molecule has 1 radical (unpaired) electrons. The molecular weight excluding hydrogens is 421 g/mol. The quantitative estimate of drug-likeness (QED) is 0.361. The molecular formula is C20H13F5N5O. The van der Waals surface area contributed by atoms with E-state index in [1.54, 1.807) is 0 Å². The van der Waals surface area contributed by atoms with Crippen molar-refractivity contribution in [1.29, 1.82) is 0 Å². The number of aryl methyl sites for hydroxylation is 1. The molecule has 0 amide bonds. The van der Waals surface area contributed by atoms with Crippen LogP contribution >= 0.6 is 0 Å². The molecule has 2 aromatic heterocycles. The average Bonchev–Trinajstić information content (AvgIpc) is 3.10. The van der Waals surface area contributed by atoms with Crippen molar-refractivity contribution in [1.82, 2.24) is 19.7 Å². The van der Waals surface area contributed by atoms with E-state index in [1.165, 1.54) is 17.1 Å². The summed E-state index contributed by atoms with van der Waals surface area (Å²) >= 11 is 0. The number of benzene rings is 2. The van der Waals surface area contributed by atoms with Crippen molar-refractivity contribution in [2.75, 3.05) is 5.73 Å². The minimum Gasteiger partial charge on any atom is -0.451 e. The first-order chi connectivity index (χ1) is 14.8. The Morgan fingerprint density at radius 1 is 0.968 bits per heavy atom. The van der Waals surface area contributed by atoms with Gasteiger partial charge in [-0.2, -0.15) is 13.9 Å². The third-order valence-electron chi connectivity index (χ3n) is 4.42. The van der Waals surface area contributed by atoms with Crippen LogP contribution in [0.4, 0.5) is 27.8 Å². The number of nitrogens with zero attached hydrogens (tertiary/aromatic N) is 4. The first-order valence-corrected chi connectivity index (χ1v) is 8.88. The van der Waals surface area contributed by atoms with E-state index in [0.717, 1.165) is 12.1 Å². The summed E-state index contributed by atoms with van der Waals surface area (Å²) < 4.78 is 75.6. The smallest absolute Gasteiger partial charge is 0.204 e. The Labute approximate surface area is 172 Å². The fraction of sp³-hybridized carbons (Fsp3) is 0.100. The predicted octanol–water partition coefficient (Wildman–Crippen LogP) is 4.79. The first-order valence-electron chi connectivity index (χ1n) is 8.88. The Hall–Kier alpha value is -3.76. The molecule has 0 saturated heterocycles. The molecule has 0 aliphatic heterocycles. The Kier molecular flexibility index (Phi) is 5.17. The lowest BCUT2D eigenvalue weighted by Crippen LogP contribution is -2.01. The average molecular weight is 434 g/mol. The molecule has 0 saturated carbocycles. The van der Waals surface area contributed by atoms with E-state index in [9.17, 15) is 22.0 Å². The van der Waals surface area contributed by atoms with E-state index in [1.807, 2.05) is 0 Å². The van der Waals surface area contributed by atoms with Crippen LogP contribution in [-0.2, 0) is 6.54 Å². The Bertz CT molecular complexity index is 1280. The summed E-state index contributed by atoms with van der Waals surface area (Å²) in [6.07, 6.45) is 1.73.